The Labute approximate surface area is 126 Å². The Morgan fingerprint density at radius 3 is 2.43 bits per heavy atom. The molecule has 0 saturated heterocycles. The molecule has 0 saturated carbocycles. The van der Waals surface area contributed by atoms with Crippen LogP contribution < -0.4 is 10.5 Å². The largest absolute Gasteiger partial charge is 0.398 e. The van der Waals surface area contributed by atoms with Gasteiger partial charge in [-0.2, -0.15) is 0 Å². The minimum Gasteiger partial charge on any atom is -0.398 e. The topological polar surface area (TPSA) is 72.2 Å². The van der Waals surface area contributed by atoms with Gasteiger partial charge in [0, 0.05) is 6.04 Å². The van der Waals surface area contributed by atoms with Crippen molar-refractivity contribution in [1.29, 1.82) is 0 Å². The number of rotatable bonds is 5. The Hall–Kier alpha value is -1.85. The van der Waals surface area contributed by atoms with Crippen LogP contribution in [0.4, 0.5) is 5.69 Å². The first-order valence-electron chi connectivity index (χ1n) is 6.81. The van der Waals surface area contributed by atoms with E-state index in [9.17, 15) is 8.42 Å². The zero-order valence-corrected chi connectivity index (χ0v) is 13.0. The molecule has 0 heterocycles. The van der Waals surface area contributed by atoms with Crippen molar-refractivity contribution in [3.05, 3.63) is 59.7 Å². The molecule has 0 aromatic heterocycles. The van der Waals surface area contributed by atoms with Crippen LogP contribution in [0.2, 0.25) is 0 Å². The lowest BCUT2D eigenvalue weighted by Gasteiger charge is -2.15. The Morgan fingerprint density at radius 2 is 1.81 bits per heavy atom. The average molecular weight is 304 g/mol. The number of hydrogen-bond acceptors (Lipinski definition) is 3. The summed E-state index contributed by atoms with van der Waals surface area (Å²) in [5, 5.41) is 0. The smallest absolute Gasteiger partial charge is 0.242 e. The highest BCUT2D eigenvalue weighted by Gasteiger charge is 2.20. The van der Waals surface area contributed by atoms with E-state index >= 15 is 0 Å². The van der Waals surface area contributed by atoms with E-state index in [0.29, 0.717) is 6.42 Å². The van der Waals surface area contributed by atoms with Gasteiger partial charge in [-0.25, -0.2) is 13.1 Å². The summed E-state index contributed by atoms with van der Waals surface area (Å²) in [4.78, 5) is 0.132. The molecule has 0 radical (unpaired) electrons. The van der Waals surface area contributed by atoms with Crippen LogP contribution in [0.5, 0.6) is 0 Å². The number of nitrogen functional groups attached to an aromatic ring is 1. The molecule has 3 N–H and O–H groups in total. The lowest BCUT2D eigenvalue weighted by molar-refractivity contribution is 0.560. The monoisotopic (exact) mass is 304 g/mol. The van der Waals surface area contributed by atoms with Crippen LogP contribution in [-0.2, 0) is 16.4 Å². The molecule has 21 heavy (non-hydrogen) atoms. The van der Waals surface area contributed by atoms with Crippen LogP contribution in [0, 0.1) is 6.92 Å². The summed E-state index contributed by atoms with van der Waals surface area (Å²) < 4.78 is 27.4. The van der Waals surface area contributed by atoms with E-state index in [1.165, 1.54) is 0 Å². The molecular weight excluding hydrogens is 284 g/mol. The minimum absolute atomic E-state index is 0.132. The molecule has 0 bridgehead atoms. The molecule has 2 aromatic carbocycles. The zero-order chi connectivity index (χ0) is 15.5. The maximum Gasteiger partial charge on any atom is 0.242 e. The summed E-state index contributed by atoms with van der Waals surface area (Å²) in [6.07, 6.45) is 0.631. The molecule has 2 rings (SSSR count). The molecule has 1 atom stereocenters. The fourth-order valence-corrected chi connectivity index (χ4v) is 3.61. The molecule has 5 heteroatoms. The van der Waals surface area contributed by atoms with E-state index in [4.69, 9.17) is 5.73 Å². The summed E-state index contributed by atoms with van der Waals surface area (Å²) >= 11 is 0. The van der Waals surface area contributed by atoms with Crippen LogP contribution in [0.25, 0.3) is 0 Å². The highest BCUT2D eigenvalue weighted by atomic mass is 32.2. The molecule has 0 amide bonds. The first-order chi connectivity index (χ1) is 9.88. The van der Waals surface area contributed by atoms with E-state index < -0.39 is 10.0 Å². The predicted octanol–water partition coefficient (Wildman–Crippen LogP) is 2.49. The Bertz CT molecular complexity index is 712. The SMILES string of the molecule is Cc1ccc(S(=O)(=O)NC(C)Cc2ccccc2)c(N)c1. The van der Waals surface area contributed by atoms with Crippen LogP contribution in [0.1, 0.15) is 18.1 Å². The van der Waals surface area contributed by atoms with Gasteiger partial charge in [0.15, 0.2) is 0 Å². The first-order valence-corrected chi connectivity index (χ1v) is 8.29. The van der Waals surface area contributed by atoms with Crippen LogP contribution >= 0.6 is 0 Å². The normalized spacial score (nSPS) is 13.0. The van der Waals surface area contributed by atoms with Crippen LogP contribution in [0.15, 0.2) is 53.4 Å². The second-order valence-corrected chi connectivity index (χ2v) is 6.94. The Morgan fingerprint density at radius 1 is 1.14 bits per heavy atom. The van der Waals surface area contributed by atoms with Gasteiger partial charge in [0.05, 0.1) is 5.69 Å². The number of nitrogens with one attached hydrogen (secondary N) is 1. The van der Waals surface area contributed by atoms with Crippen LogP contribution in [-0.4, -0.2) is 14.5 Å². The second kappa shape index (κ2) is 6.28. The third-order valence-electron chi connectivity index (χ3n) is 3.20. The molecular formula is C16H20N2O2S. The number of hydrogen-bond donors (Lipinski definition) is 2. The van der Waals surface area contributed by atoms with Crippen molar-refractivity contribution in [1.82, 2.24) is 4.72 Å². The first kappa shape index (κ1) is 15.5. The highest BCUT2D eigenvalue weighted by molar-refractivity contribution is 7.89. The van der Waals surface area contributed by atoms with Gasteiger partial charge in [-0.15, -0.1) is 0 Å². The van der Waals surface area contributed by atoms with E-state index in [1.54, 1.807) is 18.2 Å². The third kappa shape index (κ3) is 4.06. The number of aryl methyl sites for hydroxylation is 1. The zero-order valence-electron chi connectivity index (χ0n) is 12.2. The summed E-state index contributed by atoms with van der Waals surface area (Å²) in [6.45, 7) is 3.72. The van der Waals surface area contributed by atoms with E-state index in [-0.39, 0.29) is 16.6 Å². The second-order valence-electron chi connectivity index (χ2n) is 5.25. The van der Waals surface area contributed by atoms with Gasteiger partial charge in [-0.1, -0.05) is 36.4 Å². The van der Waals surface area contributed by atoms with Crippen molar-refractivity contribution < 1.29 is 8.42 Å². The van der Waals surface area contributed by atoms with Crippen molar-refractivity contribution in [3.63, 3.8) is 0 Å². The maximum atomic E-state index is 12.4. The summed E-state index contributed by atoms with van der Waals surface area (Å²) in [5.74, 6) is 0. The molecule has 1 unspecified atom stereocenters. The molecule has 0 fully saturated rings. The molecule has 112 valence electrons. The minimum atomic E-state index is -3.60. The standard InChI is InChI=1S/C16H20N2O2S/c1-12-8-9-16(15(17)10-12)21(19,20)18-13(2)11-14-6-4-3-5-7-14/h3-10,13,18H,11,17H2,1-2H3. The maximum absolute atomic E-state index is 12.4. The highest BCUT2D eigenvalue weighted by Crippen LogP contribution is 2.20. The van der Waals surface area contributed by atoms with Gasteiger partial charge in [0.2, 0.25) is 10.0 Å². The summed E-state index contributed by atoms with van der Waals surface area (Å²) in [6, 6.07) is 14.5. The molecule has 0 aliphatic heterocycles. The van der Waals surface area contributed by atoms with Crippen molar-refractivity contribution in [2.24, 2.45) is 0 Å². The predicted molar refractivity (Wildman–Crippen MR) is 85.5 cm³/mol. The Balaban J connectivity index is 2.13. The average Bonchev–Trinajstić information content (AvgIpc) is 2.38. The summed E-state index contributed by atoms with van der Waals surface area (Å²) in [7, 11) is -3.60. The van der Waals surface area contributed by atoms with Crippen molar-refractivity contribution in [3.8, 4) is 0 Å². The van der Waals surface area contributed by atoms with Crippen molar-refractivity contribution in [2.45, 2.75) is 31.2 Å². The summed E-state index contributed by atoms with van der Waals surface area (Å²) in [5.41, 5.74) is 8.11. The quantitative estimate of drug-likeness (QED) is 0.834. The van der Waals surface area contributed by atoms with Gasteiger partial charge in [-0.05, 0) is 43.5 Å². The third-order valence-corrected chi connectivity index (χ3v) is 4.86. The van der Waals surface area contributed by atoms with Gasteiger partial charge in [0.25, 0.3) is 0 Å². The number of benzene rings is 2. The number of nitrogens with two attached hydrogens (primary N) is 1. The number of sulfonamides is 1. The lowest BCUT2D eigenvalue weighted by Crippen LogP contribution is -2.34. The molecule has 0 aliphatic rings. The van der Waals surface area contributed by atoms with Crippen molar-refractivity contribution in [2.75, 3.05) is 5.73 Å². The lowest BCUT2D eigenvalue weighted by atomic mass is 10.1. The van der Waals surface area contributed by atoms with Crippen molar-refractivity contribution >= 4 is 15.7 Å². The van der Waals surface area contributed by atoms with Gasteiger partial charge >= 0.3 is 0 Å². The van der Waals surface area contributed by atoms with E-state index in [2.05, 4.69) is 4.72 Å². The molecule has 0 aliphatic carbocycles. The molecule has 4 nitrogen and oxygen atoms in total. The van der Waals surface area contributed by atoms with Crippen LogP contribution in [0.3, 0.4) is 0 Å². The van der Waals surface area contributed by atoms with Gasteiger partial charge < -0.3 is 5.73 Å². The molecule has 2 aromatic rings. The van der Waals surface area contributed by atoms with E-state index in [0.717, 1.165) is 11.1 Å². The van der Waals surface area contributed by atoms with Gasteiger partial charge in [-0.3, -0.25) is 0 Å². The Kier molecular flexibility index (Phi) is 4.65. The van der Waals surface area contributed by atoms with Gasteiger partial charge in [0.1, 0.15) is 4.90 Å². The fraction of sp³-hybridized carbons (Fsp3) is 0.250. The van der Waals surface area contributed by atoms with E-state index in [1.807, 2.05) is 44.2 Å². The fourth-order valence-electron chi connectivity index (χ4n) is 2.25. The number of anilines is 1. The molecule has 0 spiro atoms.